The fourth-order valence-electron chi connectivity index (χ4n) is 4.93. The summed E-state index contributed by atoms with van der Waals surface area (Å²) in [6.45, 7) is 8.95. The van der Waals surface area contributed by atoms with Crippen LogP contribution in [0, 0.1) is 13.8 Å². The molecule has 2 heterocycles. The van der Waals surface area contributed by atoms with Crippen molar-refractivity contribution in [2.24, 2.45) is 0 Å². The second-order valence-electron chi connectivity index (χ2n) is 8.96. The third-order valence-corrected chi connectivity index (χ3v) is 7.01. The Hall–Kier alpha value is -3.02. The van der Waals surface area contributed by atoms with Crippen molar-refractivity contribution in [1.29, 1.82) is 0 Å². The molecule has 4 rings (SSSR count). The minimum atomic E-state index is -0.0244. The highest BCUT2D eigenvalue weighted by atomic mass is 16.2. The summed E-state index contributed by atoms with van der Waals surface area (Å²) in [7, 11) is 1.67. The normalized spacial score (nSPS) is 19.1. The summed E-state index contributed by atoms with van der Waals surface area (Å²) < 4.78 is 0. The molecule has 0 saturated carbocycles. The third-order valence-electron chi connectivity index (χ3n) is 7.01. The van der Waals surface area contributed by atoms with Crippen LogP contribution in [0.5, 0.6) is 0 Å². The molecule has 2 fully saturated rings. The molecule has 2 aromatic rings. The Bertz CT molecular complexity index is 982. The van der Waals surface area contributed by atoms with Crippen LogP contribution in [0.25, 0.3) is 0 Å². The van der Waals surface area contributed by atoms with Gasteiger partial charge < -0.3 is 20.0 Å². The Morgan fingerprint density at radius 3 is 2.44 bits per heavy atom. The summed E-state index contributed by atoms with van der Waals surface area (Å²) in [5.41, 5.74) is 5.80. The summed E-state index contributed by atoms with van der Waals surface area (Å²) in [6.07, 6.45) is 2.02. The average molecular weight is 435 g/mol. The first-order valence-electron chi connectivity index (χ1n) is 11.6. The Morgan fingerprint density at radius 2 is 1.69 bits per heavy atom. The lowest BCUT2D eigenvalue weighted by atomic mass is 9.89. The van der Waals surface area contributed by atoms with Gasteiger partial charge in [-0.15, -0.1) is 0 Å². The lowest BCUT2D eigenvalue weighted by molar-refractivity contribution is 0.0746. The number of hydrogen-bond donors (Lipinski definition) is 1. The summed E-state index contributed by atoms with van der Waals surface area (Å²) in [4.78, 5) is 31.5. The van der Waals surface area contributed by atoms with Crippen molar-refractivity contribution in [3.05, 3.63) is 64.7 Å². The highest BCUT2D eigenvalue weighted by Gasteiger charge is 2.26. The first-order valence-corrected chi connectivity index (χ1v) is 11.6. The van der Waals surface area contributed by atoms with Crippen molar-refractivity contribution in [3.8, 4) is 0 Å². The van der Waals surface area contributed by atoms with Gasteiger partial charge in [-0.3, -0.25) is 4.79 Å². The van der Waals surface area contributed by atoms with E-state index < -0.39 is 0 Å². The van der Waals surface area contributed by atoms with Crippen molar-refractivity contribution < 1.29 is 9.59 Å². The van der Waals surface area contributed by atoms with Gasteiger partial charge in [0, 0.05) is 63.5 Å². The van der Waals surface area contributed by atoms with E-state index in [1.54, 1.807) is 7.05 Å². The van der Waals surface area contributed by atoms with Crippen LogP contribution in [-0.2, 0) is 0 Å². The number of hydrogen-bond acceptors (Lipinski definition) is 3. The largest absolute Gasteiger partial charge is 0.368 e. The van der Waals surface area contributed by atoms with Crippen LogP contribution in [-0.4, -0.2) is 68.1 Å². The second-order valence-corrected chi connectivity index (χ2v) is 8.96. The van der Waals surface area contributed by atoms with Crippen LogP contribution in [0.2, 0.25) is 0 Å². The molecule has 0 aromatic heterocycles. The van der Waals surface area contributed by atoms with Crippen LogP contribution in [0.3, 0.4) is 0 Å². The van der Waals surface area contributed by atoms with Gasteiger partial charge in [0.1, 0.15) is 0 Å². The van der Waals surface area contributed by atoms with Gasteiger partial charge in [-0.05, 0) is 61.6 Å². The number of nitrogens with one attached hydrogen (secondary N) is 1. The number of nitrogens with zero attached hydrogens (tertiary/aromatic N) is 3. The molecule has 0 aliphatic carbocycles. The smallest absolute Gasteiger partial charge is 0.317 e. The quantitative estimate of drug-likeness (QED) is 0.800. The molecular formula is C26H34N4O2. The molecule has 1 N–H and O–H groups in total. The maximum Gasteiger partial charge on any atom is 0.317 e. The van der Waals surface area contributed by atoms with E-state index in [0.717, 1.165) is 56.7 Å². The van der Waals surface area contributed by atoms with E-state index in [1.165, 1.54) is 16.8 Å². The van der Waals surface area contributed by atoms with E-state index in [0.29, 0.717) is 6.54 Å². The minimum absolute atomic E-state index is 0.0244. The number of rotatable bonds is 3. The number of piperazine rings is 1. The molecule has 2 aliphatic heterocycles. The Morgan fingerprint density at radius 1 is 0.938 bits per heavy atom. The molecule has 2 aliphatic rings. The van der Waals surface area contributed by atoms with Gasteiger partial charge >= 0.3 is 6.03 Å². The lowest BCUT2D eigenvalue weighted by Gasteiger charge is -2.37. The second kappa shape index (κ2) is 9.63. The molecule has 1 atom stereocenters. The molecule has 6 nitrogen and oxygen atoms in total. The van der Waals surface area contributed by atoms with Gasteiger partial charge in [-0.2, -0.15) is 0 Å². The van der Waals surface area contributed by atoms with E-state index in [1.807, 2.05) is 28.0 Å². The highest BCUT2D eigenvalue weighted by molar-refractivity contribution is 5.94. The van der Waals surface area contributed by atoms with Crippen molar-refractivity contribution in [2.45, 2.75) is 32.6 Å². The minimum Gasteiger partial charge on any atom is -0.368 e. The zero-order valence-electron chi connectivity index (χ0n) is 19.4. The SMILES string of the molecule is CNC(=O)N1CCCC(c2cccc(C(=O)N3CCN(c4cccc(C)c4C)CC3)c2)C1. The zero-order chi connectivity index (χ0) is 22.7. The van der Waals surface area contributed by atoms with E-state index in [-0.39, 0.29) is 17.9 Å². The van der Waals surface area contributed by atoms with Crippen LogP contribution < -0.4 is 10.2 Å². The van der Waals surface area contributed by atoms with Crippen LogP contribution in [0.1, 0.15) is 45.8 Å². The lowest BCUT2D eigenvalue weighted by Crippen LogP contribution is -2.49. The fraction of sp³-hybridized carbons (Fsp3) is 0.462. The molecule has 32 heavy (non-hydrogen) atoms. The topological polar surface area (TPSA) is 55.9 Å². The summed E-state index contributed by atoms with van der Waals surface area (Å²) >= 11 is 0. The van der Waals surface area contributed by atoms with Gasteiger partial charge in [-0.25, -0.2) is 4.79 Å². The van der Waals surface area contributed by atoms with Crippen LogP contribution >= 0.6 is 0 Å². The molecular weight excluding hydrogens is 400 g/mol. The maximum absolute atomic E-state index is 13.3. The van der Waals surface area contributed by atoms with Gasteiger partial charge in [0.25, 0.3) is 5.91 Å². The summed E-state index contributed by atoms with van der Waals surface area (Å²) in [5, 5.41) is 2.72. The van der Waals surface area contributed by atoms with E-state index >= 15 is 0 Å². The number of carbonyl (C=O) groups excluding carboxylic acids is 2. The monoisotopic (exact) mass is 434 g/mol. The average Bonchev–Trinajstić information content (AvgIpc) is 2.85. The zero-order valence-corrected chi connectivity index (χ0v) is 19.4. The Labute approximate surface area is 191 Å². The van der Waals surface area contributed by atoms with Crippen molar-refractivity contribution in [3.63, 3.8) is 0 Å². The molecule has 2 saturated heterocycles. The van der Waals surface area contributed by atoms with Crippen LogP contribution in [0.15, 0.2) is 42.5 Å². The molecule has 0 bridgehead atoms. The van der Waals surface area contributed by atoms with Crippen molar-refractivity contribution in [1.82, 2.24) is 15.1 Å². The van der Waals surface area contributed by atoms with Crippen molar-refractivity contribution >= 4 is 17.6 Å². The van der Waals surface area contributed by atoms with Gasteiger partial charge in [-0.1, -0.05) is 24.3 Å². The summed E-state index contributed by atoms with van der Waals surface area (Å²) in [6, 6.07) is 14.4. The van der Waals surface area contributed by atoms with E-state index in [4.69, 9.17) is 0 Å². The van der Waals surface area contributed by atoms with Crippen molar-refractivity contribution in [2.75, 3.05) is 51.2 Å². The predicted molar refractivity (Wildman–Crippen MR) is 128 cm³/mol. The van der Waals surface area contributed by atoms with Gasteiger partial charge in [0.05, 0.1) is 0 Å². The number of anilines is 1. The number of urea groups is 1. The van der Waals surface area contributed by atoms with E-state index in [2.05, 4.69) is 48.3 Å². The Balaban J connectivity index is 1.41. The number of benzene rings is 2. The predicted octanol–water partition coefficient (Wildman–Crippen LogP) is 3.78. The van der Waals surface area contributed by atoms with Gasteiger partial charge in [0.2, 0.25) is 0 Å². The molecule has 0 radical (unpaired) electrons. The number of amides is 3. The molecule has 0 spiro atoms. The molecule has 1 unspecified atom stereocenters. The summed E-state index contributed by atoms with van der Waals surface area (Å²) in [5.74, 6) is 0.376. The Kier molecular flexibility index (Phi) is 6.68. The molecule has 2 aromatic carbocycles. The first kappa shape index (κ1) is 22.2. The third kappa shape index (κ3) is 4.59. The molecule has 6 heteroatoms. The first-order chi connectivity index (χ1) is 15.5. The van der Waals surface area contributed by atoms with Gasteiger partial charge in [0.15, 0.2) is 0 Å². The maximum atomic E-state index is 13.3. The fourth-order valence-corrected chi connectivity index (χ4v) is 4.93. The number of piperidine rings is 1. The van der Waals surface area contributed by atoms with Crippen LogP contribution in [0.4, 0.5) is 10.5 Å². The highest BCUT2D eigenvalue weighted by Crippen LogP contribution is 2.28. The number of carbonyl (C=O) groups is 2. The molecule has 170 valence electrons. The standard InChI is InChI=1S/C26H34N4O2/c1-19-7-4-11-24(20(19)2)28-13-15-29(16-14-28)25(31)22-9-5-8-21(17-22)23-10-6-12-30(18-23)26(32)27-3/h4-5,7-9,11,17,23H,6,10,12-16,18H2,1-3H3,(H,27,32). The number of aryl methyl sites for hydroxylation is 1. The molecule has 3 amide bonds. The number of likely N-dealkylation sites (tertiary alicyclic amines) is 1. The van der Waals surface area contributed by atoms with E-state index in [9.17, 15) is 9.59 Å².